The molecule has 4 rings (SSSR count). The van der Waals surface area contributed by atoms with Gasteiger partial charge in [-0.1, -0.05) is 6.07 Å². The van der Waals surface area contributed by atoms with Crippen LogP contribution in [0.5, 0.6) is 11.5 Å². The number of aliphatic carboxylic acids is 1. The number of carbonyl (C=O) groups is 4. The summed E-state index contributed by atoms with van der Waals surface area (Å²) >= 11 is 0. The van der Waals surface area contributed by atoms with Gasteiger partial charge in [0.15, 0.2) is 0 Å². The van der Waals surface area contributed by atoms with Gasteiger partial charge >= 0.3 is 5.97 Å². The molecule has 10 heteroatoms. The second-order valence-corrected chi connectivity index (χ2v) is 8.12. The molecule has 0 radical (unpaired) electrons. The molecule has 0 aromatic heterocycles. The van der Waals surface area contributed by atoms with E-state index in [1.807, 2.05) is 6.07 Å². The van der Waals surface area contributed by atoms with E-state index in [1.54, 1.807) is 44.6 Å². The number of nitrogens with one attached hydrogen (secondary N) is 2. The summed E-state index contributed by atoms with van der Waals surface area (Å²) < 4.78 is 10.7. The highest BCUT2D eigenvalue weighted by molar-refractivity contribution is 6.11. The second-order valence-electron chi connectivity index (χ2n) is 8.12. The highest BCUT2D eigenvalue weighted by Crippen LogP contribution is 2.37. The fourth-order valence-electron chi connectivity index (χ4n) is 4.39. The number of rotatable bonds is 7. The summed E-state index contributed by atoms with van der Waals surface area (Å²) in [5, 5.41) is 14.3. The van der Waals surface area contributed by atoms with E-state index in [9.17, 15) is 19.2 Å². The van der Waals surface area contributed by atoms with E-state index in [0.717, 1.165) is 11.1 Å². The number of ether oxygens (including phenoxy) is 2. The molecule has 2 heterocycles. The van der Waals surface area contributed by atoms with Crippen molar-refractivity contribution >= 4 is 29.4 Å². The lowest BCUT2D eigenvalue weighted by molar-refractivity contribution is -0.139. The molecule has 2 aliphatic heterocycles. The summed E-state index contributed by atoms with van der Waals surface area (Å²) in [6.45, 7) is 0.288. The first-order valence-electron chi connectivity index (χ1n) is 10.8. The van der Waals surface area contributed by atoms with Gasteiger partial charge in [-0.25, -0.2) is 0 Å². The van der Waals surface area contributed by atoms with Gasteiger partial charge in [0.05, 0.1) is 37.9 Å². The third kappa shape index (κ3) is 4.39. The lowest BCUT2D eigenvalue weighted by Crippen LogP contribution is -2.51. The summed E-state index contributed by atoms with van der Waals surface area (Å²) in [5.74, 6) is -1.06. The molecule has 2 unspecified atom stereocenters. The average Bonchev–Trinajstić information content (AvgIpc) is 3.21. The Labute approximate surface area is 195 Å². The van der Waals surface area contributed by atoms with Crippen LogP contribution >= 0.6 is 0 Å². The molecule has 1 fully saturated rings. The number of hydrogen-bond acceptors (Lipinski definition) is 6. The zero-order valence-electron chi connectivity index (χ0n) is 18.8. The fourth-order valence-corrected chi connectivity index (χ4v) is 4.39. The number of carboxylic acids is 1. The number of benzene rings is 2. The number of amides is 3. The number of nitrogens with zero attached hydrogens (tertiary/aromatic N) is 1. The Balaban J connectivity index is 1.61. The largest absolute Gasteiger partial charge is 0.497 e. The minimum Gasteiger partial charge on any atom is -0.497 e. The minimum absolute atomic E-state index is 0.193. The molecule has 0 spiro atoms. The van der Waals surface area contributed by atoms with Gasteiger partial charge in [-0.15, -0.1) is 0 Å². The maximum absolute atomic E-state index is 13.4. The van der Waals surface area contributed by atoms with E-state index in [1.165, 1.54) is 4.90 Å². The lowest BCUT2D eigenvalue weighted by Gasteiger charge is -2.25. The lowest BCUT2D eigenvalue weighted by atomic mass is 10.00. The number of fused-ring (bicyclic) bond motifs is 2. The van der Waals surface area contributed by atoms with Crippen molar-refractivity contribution in [3.05, 3.63) is 42.0 Å². The Morgan fingerprint density at radius 2 is 1.88 bits per heavy atom. The van der Waals surface area contributed by atoms with Crippen LogP contribution in [0.4, 0.5) is 5.69 Å². The predicted molar refractivity (Wildman–Crippen MR) is 122 cm³/mol. The molecule has 0 aliphatic carbocycles. The van der Waals surface area contributed by atoms with Gasteiger partial charge < -0.3 is 30.1 Å². The van der Waals surface area contributed by atoms with Crippen molar-refractivity contribution in [2.24, 2.45) is 0 Å². The van der Waals surface area contributed by atoms with Crippen LogP contribution in [0.3, 0.4) is 0 Å². The zero-order valence-corrected chi connectivity index (χ0v) is 18.8. The monoisotopic (exact) mass is 467 g/mol. The van der Waals surface area contributed by atoms with Gasteiger partial charge in [0, 0.05) is 24.6 Å². The van der Waals surface area contributed by atoms with Crippen molar-refractivity contribution in [2.45, 2.75) is 31.3 Å². The molecule has 1 saturated heterocycles. The Kier molecular flexibility index (Phi) is 6.40. The number of carbonyl (C=O) groups excluding carboxylic acids is 3. The molecule has 0 saturated carbocycles. The van der Waals surface area contributed by atoms with Gasteiger partial charge in [0.2, 0.25) is 11.8 Å². The molecule has 2 aromatic carbocycles. The number of anilines is 1. The van der Waals surface area contributed by atoms with Gasteiger partial charge in [0.25, 0.3) is 5.91 Å². The first-order valence-corrected chi connectivity index (χ1v) is 10.8. The number of hydrogen-bond donors (Lipinski definition) is 3. The normalized spacial score (nSPS) is 18.9. The standard InChI is InChI=1S/C24H25N3O7/c1-33-14-4-5-15(19(12-14)34-2)13-3-6-17-16(11-13)24(32)27-10-9-18(22(27)23(31)26-17)25-20(28)7-8-21(29)30/h3-6,11-12,18,22H,7-10H2,1-2H3,(H,25,28)(H,26,31)(H,29,30). The van der Waals surface area contributed by atoms with Gasteiger partial charge in [0.1, 0.15) is 17.5 Å². The molecule has 2 aliphatic rings. The van der Waals surface area contributed by atoms with Crippen LogP contribution in [0, 0.1) is 0 Å². The number of carboxylic acid groups (broad SMARTS) is 1. The molecule has 10 nitrogen and oxygen atoms in total. The van der Waals surface area contributed by atoms with E-state index < -0.39 is 29.9 Å². The number of methoxy groups -OCH3 is 2. The molecule has 34 heavy (non-hydrogen) atoms. The first-order chi connectivity index (χ1) is 16.3. The third-order valence-electron chi connectivity index (χ3n) is 6.07. The van der Waals surface area contributed by atoms with Gasteiger partial charge in [-0.3, -0.25) is 19.2 Å². The highest BCUT2D eigenvalue weighted by atomic mass is 16.5. The first kappa shape index (κ1) is 23.1. The molecule has 2 aromatic rings. The van der Waals surface area contributed by atoms with Crippen LogP contribution < -0.4 is 20.1 Å². The molecule has 2 atom stereocenters. The quantitative estimate of drug-likeness (QED) is 0.566. The van der Waals surface area contributed by atoms with Crippen molar-refractivity contribution in [2.75, 3.05) is 26.1 Å². The van der Waals surface area contributed by atoms with Crippen LogP contribution in [0.25, 0.3) is 11.1 Å². The minimum atomic E-state index is -1.08. The summed E-state index contributed by atoms with van der Waals surface area (Å²) in [7, 11) is 3.11. The van der Waals surface area contributed by atoms with Crippen molar-refractivity contribution in [1.29, 1.82) is 0 Å². The highest BCUT2D eigenvalue weighted by Gasteiger charge is 2.45. The van der Waals surface area contributed by atoms with Crippen LogP contribution in [-0.4, -0.2) is 66.5 Å². The molecule has 3 N–H and O–H groups in total. The summed E-state index contributed by atoms with van der Waals surface area (Å²) in [6.07, 6.45) is -0.105. The second kappa shape index (κ2) is 9.42. The topological polar surface area (TPSA) is 134 Å². The van der Waals surface area contributed by atoms with Gasteiger partial charge in [-0.2, -0.15) is 0 Å². The fraction of sp³-hybridized carbons (Fsp3) is 0.333. The Morgan fingerprint density at radius 1 is 1.09 bits per heavy atom. The Bertz CT molecular complexity index is 1160. The van der Waals surface area contributed by atoms with E-state index in [2.05, 4.69) is 10.6 Å². The van der Waals surface area contributed by atoms with E-state index in [0.29, 0.717) is 29.2 Å². The maximum Gasteiger partial charge on any atom is 0.303 e. The van der Waals surface area contributed by atoms with Crippen molar-refractivity contribution in [3.63, 3.8) is 0 Å². The van der Waals surface area contributed by atoms with Crippen molar-refractivity contribution in [1.82, 2.24) is 10.2 Å². The van der Waals surface area contributed by atoms with E-state index in [-0.39, 0.29) is 25.3 Å². The zero-order chi connectivity index (χ0) is 24.4. The SMILES string of the molecule is COc1ccc(-c2ccc3c(c2)C(=O)N2CCC(NC(=O)CCC(=O)O)C2C(=O)N3)c(OC)c1. The van der Waals surface area contributed by atoms with Crippen LogP contribution in [0.15, 0.2) is 36.4 Å². The Morgan fingerprint density at radius 3 is 2.59 bits per heavy atom. The van der Waals surface area contributed by atoms with Crippen LogP contribution in [0.1, 0.15) is 29.6 Å². The van der Waals surface area contributed by atoms with E-state index >= 15 is 0 Å². The maximum atomic E-state index is 13.4. The van der Waals surface area contributed by atoms with Crippen LogP contribution in [-0.2, 0) is 14.4 Å². The molecular weight excluding hydrogens is 442 g/mol. The van der Waals surface area contributed by atoms with Gasteiger partial charge in [-0.05, 0) is 36.2 Å². The van der Waals surface area contributed by atoms with Crippen molar-refractivity contribution in [3.8, 4) is 22.6 Å². The third-order valence-corrected chi connectivity index (χ3v) is 6.07. The van der Waals surface area contributed by atoms with Crippen molar-refractivity contribution < 1.29 is 33.8 Å². The summed E-state index contributed by atoms with van der Waals surface area (Å²) in [4.78, 5) is 50.8. The summed E-state index contributed by atoms with van der Waals surface area (Å²) in [6, 6.07) is 9.07. The average molecular weight is 467 g/mol. The van der Waals surface area contributed by atoms with E-state index in [4.69, 9.17) is 14.6 Å². The molecular formula is C24H25N3O7. The summed E-state index contributed by atoms with van der Waals surface area (Å²) in [5.41, 5.74) is 2.22. The smallest absolute Gasteiger partial charge is 0.303 e. The molecule has 0 bridgehead atoms. The van der Waals surface area contributed by atoms with Crippen LogP contribution in [0.2, 0.25) is 0 Å². The Hall–Kier alpha value is -4.08. The molecule has 3 amide bonds. The molecule has 178 valence electrons. The predicted octanol–water partition coefficient (Wildman–Crippen LogP) is 1.89.